The van der Waals surface area contributed by atoms with Crippen LogP contribution in [0.5, 0.6) is 5.75 Å². The van der Waals surface area contributed by atoms with Gasteiger partial charge in [0.1, 0.15) is 11.8 Å². The zero-order valence-corrected chi connectivity index (χ0v) is 24.9. The molecule has 38 heavy (non-hydrogen) atoms. The van der Waals surface area contributed by atoms with E-state index in [2.05, 4.69) is 28.2 Å². The summed E-state index contributed by atoms with van der Waals surface area (Å²) in [7, 11) is 0. The van der Waals surface area contributed by atoms with E-state index < -0.39 is 6.04 Å². The molecular formula is C30H33BrCl2N2O3. The van der Waals surface area contributed by atoms with E-state index in [1.807, 2.05) is 62.4 Å². The lowest BCUT2D eigenvalue weighted by Gasteiger charge is -2.32. The number of nitrogens with zero attached hydrogens (tertiary/aromatic N) is 1. The summed E-state index contributed by atoms with van der Waals surface area (Å²) in [5.41, 5.74) is 2.78. The van der Waals surface area contributed by atoms with Gasteiger partial charge in [-0.05, 0) is 76.7 Å². The number of rotatable bonds is 12. The standard InChI is InChI=1S/C30H33BrCl2N2O3/c1-4-20(3)34-30(37)27(16-22-9-7-6-8-10-22)35(18-23-12-13-24(32)17-26(23)33)29(36)19-38-28-14-11-21(5-2)15-25(28)31/h6-15,17,20,27H,4-5,16,18-19H2,1-3H3,(H,34,37)/t20-,27+/m0/s1. The van der Waals surface area contributed by atoms with Crippen molar-refractivity contribution in [3.05, 3.63) is 97.9 Å². The Bertz CT molecular complexity index is 1240. The van der Waals surface area contributed by atoms with Crippen LogP contribution in [0.1, 0.15) is 43.9 Å². The summed E-state index contributed by atoms with van der Waals surface area (Å²) in [5.74, 6) is 0.00141. The number of halogens is 3. The molecule has 0 bridgehead atoms. The van der Waals surface area contributed by atoms with Gasteiger partial charge in [0.05, 0.1) is 4.47 Å². The van der Waals surface area contributed by atoms with Crippen molar-refractivity contribution >= 4 is 50.9 Å². The quantitative estimate of drug-likeness (QED) is 0.232. The normalized spacial score (nSPS) is 12.5. The highest BCUT2D eigenvalue weighted by Crippen LogP contribution is 2.27. The van der Waals surface area contributed by atoms with Crippen molar-refractivity contribution in [2.24, 2.45) is 0 Å². The maximum atomic E-state index is 13.8. The number of benzene rings is 3. The first-order valence-electron chi connectivity index (χ1n) is 12.7. The lowest BCUT2D eigenvalue weighted by atomic mass is 10.0. The van der Waals surface area contributed by atoms with Crippen LogP contribution in [0.15, 0.2) is 71.2 Å². The van der Waals surface area contributed by atoms with Crippen LogP contribution in [-0.4, -0.2) is 35.4 Å². The number of ether oxygens (including phenoxy) is 1. The molecule has 0 unspecified atom stereocenters. The average molecular weight is 620 g/mol. The molecule has 0 aliphatic rings. The second kappa shape index (κ2) is 14.6. The monoisotopic (exact) mass is 618 g/mol. The minimum Gasteiger partial charge on any atom is -0.483 e. The van der Waals surface area contributed by atoms with Gasteiger partial charge in [-0.2, -0.15) is 0 Å². The Morgan fingerprint density at radius 2 is 1.74 bits per heavy atom. The van der Waals surface area contributed by atoms with Crippen LogP contribution in [0.3, 0.4) is 0 Å². The molecule has 1 N–H and O–H groups in total. The number of amides is 2. The molecular weight excluding hydrogens is 587 g/mol. The second-order valence-electron chi connectivity index (χ2n) is 9.19. The topological polar surface area (TPSA) is 58.6 Å². The summed E-state index contributed by atoms with van der Waals surface area (Å²) in [6.45, 7) is 5.91. The third-order valence-corrected chi connectivity index (χ3v) is 7.59. The van der Waals surface area contributed by atoms with Crippen LogP contribution in [-0.2, 0) is 29.0 Å². The van der Waals surface area contributed by atoms with Gasteiger partial charge in [0.25, 0.3) is 5.91 Å². The van der Waals surface area contributed by atoms with E-state index >= 15 is 0 Å². The minimum absolute atomic E-state index is 0.0406. The fraction of sp³-hybridized carbons (Fsp3) is 0.333. The van der Waals surface area contributed by atoms with E-state index in [0.717, 1.165) is 28.4 Å². The van der Waals surface area contributed by atoms with Gasteiger partial charge in [0.15, 0.2) is 6.61 Å². The molecule has 0 saturated heterocycles. The zero-order chi connectivity index (χ0) is 27.7. The Labute approximate surface area is 243 Å². The number of carbonyl (C=O) groups is 2. The SMILES string of the molecule is CCc1ccc(OCC(=O)N(Cc2ccc(Cl)cc2Cl)[C@H](Cc2ccccc2)C(=O)N[C@@H](C)CC)c(Br)c1. The van der Waals surface area contributed by atoms with Crippen LogP contribution in [0, 0.1) is 0 Å². The van der Waals surface area contributed by atoms with E-state index in [1.165, 1.54) is 0 Å². The number of nitrogens with one attached hydrogen (secondary N) is 1. The van der Waals surface area contributed by atoms with E-state index in [1.54, 1.807) is 23.1 Å². The second-order valence-corrected chi connectivity index (χ2v) is 10.9. The number of hydrogen-bond donors (Lipinski definition) is 1. The highest BCUT2D eigenvalue weighted by Gasteiger charge is 2.31. The maximum absolute atomic E-state index is 13.8. The Morgan fingerprint density at radius 3 is 2.37 bits per heavy atom. The molecule has 0 heterocycles. The van der Waals surface area contributed by atoms with Gasteiger partial charge in [-0.15, -0.1) is 0 Å². The van der Waals surface area contributed by atoms with E-state index in [-0.39, 0.29) is 31.0 Å². The first-order valence-corrected chi connectivity index (χ1v) is 14.3. The lowest BCUT2D eigenvalue weighted by molar-refractivity contribution is -0.143. The van der Waals surface area contributed by atoms with Crippen molar-refractivity contribution < 1.29 is 14.3 Å². The van der Waals surface area contributed by atoms with Crippen LogP contribution in [0.25, 0.3) is 0 Å². The van der Waals surface area contributed by atoms with E-state index in [4.69, 9.17) is 27.9 Å². The van der Waals surface area contributed by atoms with Gasteiger partial charge in [0.2, 0.25) is 5.91 Å². The molecule has 2 amide bonds. The van der Waals surface area contributed by atoms with Crippen LogP contribution in [0.2, 0.25) is 10.0 Å². The molecule has 0 spiro atoms. The summed E-state index contributed by atoms with van der Waals surface area (Å²) in [4.78, 5) is 28.9. The first-order chi connectivity index (χ1) is 18.2. The van der Waals surface area contributed by atoms with E-state index in [0.29, 0.717) is 27.8 Å². The van der Waals surface area contributed by atoms with Crippen molar-refractivity contribution in [2.45, 2.75) is 58.7 Å². The van der Waals surface area contributed by atoms with Gasteiger partial charge in [-0.3, -0.25) is 9.59 Å². The highest BCUT2D eigenvalue weighted by molar-refractivity contribution is 9.10. The highest BCUT2D eigenvalue weighted by atomic mass is 79.9. The van der Waals surface area contributed by atoms with Crippen LogP contribution in [0.4, 0.5) is 0 Å². The Kier molecular flexibility index (Phi) is 11.5. The van der Waals surface area contributed by atoms with Crippen molar-refractivity contribution in [3.63, 3.8) is 0 Å². The predicted molar refractivity (Wildman–Crippen MR) is 158 cm³/mol. The summed E-state index contributed by atoms with van der Waals surface area (Å²) in [5, 5.41) is 3.98. The molecule has 202 valence electrons. The summed E-state index contributed by atoms with van der Waals surface area (Å²) < 4.78 is 6.70. The lowest BCUT2D eigenvalue weighted by Crippen LogP contribution is -2.53. The van der Waals surface area contributed by atoms with Crippen molar-refractivity contribution in [3.8, 4) is 5.75 Å². The molecule has 0 aliphatic carbocycles. The third-order valence-electron chi connectivity index (χ3n) is 6.38. The van der Waals surface area contributed by atoms with Gasteiger partial charge < -0.3 is 15.0 Å². The van der Waals surface area contributed by atoms with Gasteiger partial charge in [-0.25, -0.2) is 0 Å². The molecule has 0 fully saturated rings. The Hall–Kier alpha value is -2.54. The molecule has 0 radical (unpaired) electrons. The van der Waals surface area contributed by atoms with Gasteiger partial charge in [0, 0.05) is 29.1 Å². The number of carbonyl (C=O) groups excluding carboxylic acids is 2. The maximum Gasteiger partial charge on any atom is 0.261 e. The fourth-order valence-electron chi connectivity index (χ4n) is 3.93. The molecule has 3 aromatic carbocycles. The number of aryl methyl sites for hydroxylation is 1. The van der Waals surface area contributed by atoms with E-state index in [9.17, 15) is 9.59 Å². The van der Waals surface area contributed by atoms with Crippen molar-refractivity contribution in [1.82, 2.24) is 10.2 Å². The summed E-state index contributed by atoms with van der Waals surface area (Å²) in [6.07, 6.45) is 2.00. The van der Waals surface area contributed by atoms with Crippen molar-refractivity contribution in [2.75, 3.05) is 6.61 Å². The zero-order valence-electron chi connectivity index (χ0n) is 21.8. The van der Waals surface area contributed by atoms with Crippen molar-refractivity contribution in [1.29, 1.82) is 0 Å². The molecule has 2 atom stereocenters. The molecule has 8 heteroatoms. The Morgan fingerprint density at radius 1 is 1.00 bits per heavy atom. The fourth-order valence-corrected chi connectivity index (χ4v) is 4.94. The average Bonchev–Trinajstić information content (AvgIpc) is 2.91. The van der Waals surface area contributed by atoms with Crippen LogP contribution < -0.4 is 10.1 Å². The Balaban J connectivity index is 1.95. The van der Waals surface area contributed by atoms with Gasteiger partial charge >= 0.3 is 0 Å². The predicted octanol–water partition coefficient (Wildman–Crippen LogP) is 7.25. The largest absolute Gasteiger partial charge is 0.483 e. The van der Waals surface area contributed by atoms with Gasteiger partial charge in [-0.1, -0.05) is 79.5 Å². The van der Waals surface area contributed by atoms with Crippen LogP contribution >= 0.6 is 39.1 Å². The molecule has 3 rings (SSSR count). The molecule has 3 aromatic rings. The third kappa shape index (κ3) is 8.48. The molecule has 0 aromatic heterocycles. The molecule has 5 nitrogen and oxygen atoms in total. The minimum atomic E-state index is -0.778. The summed E-state index contributed by atoms with van der Waals surface area (Å²) >= 11 is 16.1. The number of hydrogen-bond acceptors (Lipinski definition) is 3. The first kappa shape index (κ1) is 30.0. The smallest absolute Gasteiger partial charge is 0.261 e. The molecule has 0 aliphatic heterocycles. The molecule has 0 saturated carbocycles. The summed E-state index contributed by atoms with van der Waals surface area (Å²) in [6, 6.07) is 19.8.